The summed E-state index contributed by atoms with van der Waals surface area (Å²) in [6.45, 7) is 1.84. The van der Waals surface area contributed by atoms with Gasteiger partial charge in [0.2, 0.25) is 11.9 Å². The average molecular weight is 299 g/mol. The number of aromatic amines is 1. The molecule has 0 saturated carbocycles. The van der Waals surface area contributed by atoms with E-state index in [1.54, 1.807) is 0 Å². The summed E-state index contributed by atoms with van der Waals surface area (Å²) in [7, 11) is 0. The van der Waals surface area contributed by atoms with Gasteiger partial charge in [0, 0.05) is 18.8 Å². The maximum absolute atomic E-state index is 12.8. The number of carbonyl (C=O) groups is 1. The molecule has 0 unspecified atom stereocenters. The third-order valence-corrected chi connectivity index (χ3v) is 2.68. The lowest BCUT2D eigenvalue weighted by atomic mass is 10.1. The van der Waals surface area contributed by atoms with Gasteiger partial charge in [-0.2, -0.15) is 18.2 Å². The fourth-order valence-corrected chi connectivity index (χ4v) is 1.70. The Balaban J connectivity index is 2.09. The van der Waals surface area contributed by atoms with E-state index in [0.717, 1.165) is 18.5 Å². The van der Waals surface area contributed by atoms with E-state index in [-0.39, 0.29) is 11.5 Å². The molecule has 0 aliphatic rings. The van der Waals surface area contributed by atoms with Crippen molar-refractivity contribution in [2.75, 3.05) is 5.32 Å². The fourth-order valence-electron chi connectivity index (χ4n) is 1.70. The van der Waals surface area contributed by atoms with Gasteiger partial charge in [-0.3, -0.25) is 20.2 Å². The molecule has 0 bridgehead atoms. The molecule has 6 nitrogen and oxygen atoms in total. The Kier molecular flexibility index (Phi) is 4.20. The molecule has 0 saturated heterocycles. The van der Waals surface area contributed by atoms with Crippen molar-refractivity contribution in [3.05, 3.63) is 35.4 Å². The Morgan fingerprint density at radius 2 is 2.19 bits per heavy atom. The van der Waals surface area contributed by atoms with Crippen molar-refractivity contribution < 1.29 is 18.0 Å². The highest BCUT2D eigenvalue weighted by Crippen LogP contribution is 2.31. The number of anilines is 1. The van der Waals surface area contributed by atoms with Crippen LogP contribution >= 0.6 is 0 Å². The highest BCUT2D eigenvalue weighted by Gasteiger charge is 2.33. The number of aryl methyl sites for hydroxylation is 1. The van der Waals surface area contributed by atoms with Gasteiger partial charge >= 0.3 is 6.18 Å². The van der Waals surface area contributed by atoms with Gasteiger partial charge in [-0.25, -0.2) is 0 Å². The van der Waals surface area contributed by atoms with Crippen molar-refractivity contribution in [2.24, 2.45) is 0 Å². The van der Waals surface area contributed by atoms with Gasteiger partial charge in [-0.15, -0.1) is 5.10 Å². The Bertz CT molecular complexity index is 638. The van der Waals surface area contributed by atoms with Crippen LogP contribution in [0.1, 0.15) is 23.9 Å². The molecule has 0 fully saturated rings. The first kappa shape index (κ1) is 14.9. The molecule has 1 amide bonds. The maximum atomic E-state index is 12.8. The third-order valence-electron chi connectivity index (χ3n) is 2.68. The highest BCUT2D eigenvalue weighted by molar-refractivity contribution is 5.90. The molecule has 2 heterocycles. The highest BCUT2D eigenvalue weighted by atomic mass is 19.4. The zero-order chi connectivity index (χ0) is 15.5. The molecule has 2 rings (SSSR count). The number of carbonyl (C=O) groups excluding carboxylic acids is 1. The second-order valence-corrected chi connectivity index (χ2v) is 4.21. The van der Waals surface area contributed by atoms with Crippen LogP contribution < -0.4 is 5.32 Å². The van der Waals surface area contributed by atoms with E-state index < -0.39 is 24.1 Å². The van der Waals surface area contributed by atoms with Crippen molar-refractivity contribution in [1.82, 2.24) is 20.2 Å². The van der Waals surface area contributed by atoms with Crippen LogP contribution in [-0.2, 0) is 23.8 Å². The van der Waals surface area contributed by atoms with E-state index in [9.17, 15) is 18.0 Å². The van der Waals surface area contributed by atoms with Crippen molar-refractivity contribution in [3.63, 3.8) is 0 Å². The number of aromatic nitrogens is 4. The molecule has 2 aromatic heterocycles. The normalized spacial score (nSPS) is 11.4. The largest absolute Gasteiger partial charge is 0.416 e. The first-order valence-electron chi connectivity index (χ1n) is 6.11. The number of pyridine rings is 1. The van der Waals surface area contributed by atoms with Gasteiger partial charge in [0.25, 0.3) is 0 Å². The minimum atomic E-state index is -4.53. The van der Waals surface area contributed by atoms with Crippen molar-refractivity contribution >= 4 is 11.9 Å². The predicted octanol–water partition coefficient (Wildman–Crippen LogP) is 1.96. The maximum Gasteiger partial charge on any atom is 0.416 e. The molecule has 2 N–H and O–H groups in total. The number of hydrogen-bond acceptors (Lipinski definition) is 4. The minimum Gasteiger partial charge on any atom is -0.293 e. The molecule has 0 spiro atoms. The van der Waals surface area contributed by atoms with Gasteiger partial charge < -0.3 is 0 Å². The van der Waals surface area contributed by atoms with E-state index in [2.05, 4.69) is 25.5 Å². The second kappa shape index (κ2) is 5.90. The first-order chi connectivity index (χ1) is 9.90. The molecule has 0 aliphatic heterocycles. The molecule has 9 heteroatoms. The van der Waals surface area contributed by atoms with E-state index in [4.69, 9.17) is 0 Å². The standard InChI is InChI=1S/C12H12F3N5O/c1-2-9-17-11(20-19-9)18-10(21)5-7-6-16-4-3-8(7)12(13,14)15/h3-4,6H,2,5H2,1H3,(H2,17,18,19,20,21). The van der Waals surface area contributed by atoms with Crippen LogP contribution in [0.5, 0.6) is 0 Å². The lowest BCUT2D eigenvalue weighted by Crippen LogP contribution is -2.18. The summed E-state index contributed by atoms with van der Waals surface area (Å²) >= 11 is 0. The number of nitrogens with zero attached hydrogens (tertiary/aromatic N) is 3. The zero-order valence-corrected chi connectivity index (χ0v) is 11.0. The quantitative estimate of drug-likeness (QED) is 0.904. The SMILES string of the molecule is CCc1nc(NC(=O)Cc2cnccc2C(F)(F)F)n[nH]1. The Morgan fingerprint density at radius 3 is 2.81 bits per heavy atom. The van der Waals surface area contributed by atoms with E-state index in [0.29, 0.717) is 12.2 Å². The van der Waals surface area contributed by atoms with Crippen molar-refractivity contribution in [3.8, 4) is 0 Å². The summed E-state index contributed by atoms with van der Waals surface area (Å²) in [6.07, 6.45) is -2.33. The average Bonchev–Trinajstić information content (AvgIpc) is 2.85. The van der Waals surface area contributed by atoms with Crippen LogP contribution in [0.25, 0.3) is 0 Å². The second-order valence-electron chi connectivity index (χ2n) is 4.21. The topological polar surface area (TPSA) is 83.6 Å². The molecule has 0 aromatic carbocycles. The third kappa shape index (κ3) is 3.77. The van der Waals surface area contributed by atoms with Gasteiger partial charge in [0.15, 0.2) is 0 Å². The number of halogens is 3. The molecule has 0 atom stereocenters. The van der Waals surface area contributed by atoms with Crippen LogP contribution in [0.15, 0.2) is 18.5 Å². The zero-order valence-electron chi connectivity index (χ0n) is 11.0. The number of rotatable bonds is 4. The number of hydrogen-bond donors (Lipinski definition) is 2. The summed E-state index contributed by atoms with van der Waals surface area (Å²) in [5.74, 6) is -0.0351. The number of amides is 1. The molecular formula is C12H12F3N5O. The van der Waals surface area contributed by atoms with Crippen LogP contribution in [-0.4, -0.2) is 26.1 Å². The number of alkyl halides is 3. The molecule has 21 heavy (non-hydrogen) atoms. The Morgan fingerprint density at radius 1 is 1.43 bits per heavy atom. The van der Waals surface area contributed by atoms with E-state index in [1.165, 1.54) is 0 Å². The number of nitrogens with one attached hydrogen (secondary N) is 2. The van der Waals surface area contributed by atoms with Crippen molar-refractivity contribution in [1.29, 1.82) is 0 Å². The van der Waals surface area contributed by atoms with Crippen LogP contribution in [0.4, 0.5) is 19.1 Å². The van der Waals surface area contributed by atoms with Gasteiger partial charge in [0.05, 0.1) is 12.0 Å². The van der Waals surface area contributed by atoms with Crippen LogP contribution in [0.2, 0.25) is 0 Å². The molecule has 0 radical (unpaired) electrons. The van der Waals surface area contributed by atoms with Gasteiger partial charge in [-0.05, 0) is 11.6 Å². The predicted molar refractivity (Wildman–Crippen MR) is 67.3 cm³/mol. The first-order valence-corrected chi connectivity index (χ1v) is 6.11. The molecule has 0 aliphatic carbocycles. The van der Waals surface area contributed by atoms with E-state index >= 15 is 0 Å². The molecule has 112 valence electrons. The van der Waals surface area contributed by atoms with Gasteiger partial charge in [0.1, 0.15) is 5.82 Å². The summed E-state index contributed by atoms with van der Waals surface area (Å²) in [6, 6.07) is 0.838. The van der Waals surface area contributed by atoms with Gasteiger partial charge in [-0.1, -0.05) is 6.92 Å². The van der Waals surface area contributed by atoms with E-state index in [1.807, 2.05) is 6.92 Å². The summed E-state index contributed by atoms with van der Waals surface area (Å²) in [4.78, 5) is 19.3. The fraction of sp³-hybridized carbons (Fsp3) is 0.333. The monoisotopic (exact) mass is 299 g/mol. The minimum absolute atomic E-state index is 0.0364. The summed E-state index contributed by atoms with van der Waals surface area (Å²) in [5.41, 5.74) is -1.08. The molecular weight excluding hydrogens is 287 g/mol. The Labute approximate surface area is 117 Å². The number of H-pyrrole nitrogens is 1. The van der Waals surface area contributed by atoms with Crippen LogP contribution in [0.3, 0.4) is 0 Å². The lowest BCUT2D eigenvalue weighted by Gasteiger charge is -2.11. The summed E-state index contributed by atoms with van der Waals surface area (Å²) in [5, 5.41) is 8.66. The lowest BCUT2D eigenvalue weighted by molar-refractivity contribution is -0.138. The smallest absolute Gasteiger partial charge is 0.293 e. The molecule has 2 aromatic rings. The Hall–Kier alpha value is -2.45. The summed E-state index contributed by atoms with van der Waals surface area (Å²) < 4.78 is 38.4. The van der Waals surface area contributed by atoms with Crippen LogP contribution in [0, 0.1) is 0 Å². The van der Waals surface area contributed by atoms with Crippen molar-refractivity contribution in [2.45, 2.75) is 25.9 Å².